The molecule has 7 nitrogen and oxygen atoms in total. The van der Waals surface area contributed by atoms with Crippen LogP contribution in [-0.4, -0.2) is 27.7 Å². The van der Waals surface area contributed by atoms with E-state index in [1.807, 2.05) is 50.4 Å². The number of benzene rings is 1. The molecule has 0 aliphatic heterocycles. The predicted octanol–water partition coefficient (Wildman–Crippen LogP) is 3.18. The molecule has 130 valence electrons. The molecule has 1 aromatic carbocycles. The van der Waals surface area contributed by atoms with Crippen molar-refractivity contribution >= 4 is 17.4 Å². The molecule has 0 atom stereocenters. The molecule has 3 rings (SSSR count). The van der Waals surface area contributed by atoms with Crippen molar-refractivity contribution in [2.75, 3.05) is 12.4 Å². The monoisotopic (exact) mass is 339 g/mol. The summed E-state index contributed by atoms with van der Waals surface area (Å²) in [6.45, 7) is 4.46. The standard InChI is InChI=1S/C18H21N5O2/c1-12(2)16-21-17-15(8-5-9-23(17)22-16)20-18(24)19-11-13-6-4-7-14(10-13)25-3/h4-10,12H,11H2,1-3H3,(H2,19,20,24). The lowest BCUT2D eigenvalue weighted by Gasteiger charge is -2.09. The highest BCUT2D eigenvalue weighted by atomic mass is 16.5. The second-order valence-electron chi connectivity index (χ2n) is 5.97. The van der Waals surface area contributed by atoms with E-state index in [0.29, 0.717) is 17.9 Å². The summed E-state index contributed by atoms with van der Waals surface area (Å²) in [6, 6.07) is 10.9. The zero-order valence-corrected chi connectivity index (χ0v) is 14.5. The van der Waals surface area contributed by atoms with Crippen molar-refractivity contribution in [1.29, 1.82) is 0 Å². The Bertz CT molecular complexity index is 888. The minimum Gasteiger partial charge on any atom is -0.497 e. The SMILES string of the molecule is COc1cccc(CNC(=O)Nc2cccn3nc(C(C)C)nc23)c1. The van der Waals surface area contributed by atoms with Crippen LogP contribution in [-0.2, 0) is 6.54 Å². The van der Waals surface area contributed by atoms with Crippen LogP contribution in [0.1, 0.15) is 31.2 Å². The number of nitrogens with zero attached hydrogens (tertiary/aromatic N) is 3. The molecule has 0 aliphatic rings. The average Bonchev–Trinajstić information content (AvgIpc) is 3.06. The quantitative estimate of drug-likeness (QED) is 0.748. The van der Waals surface area contributed by atoms with E-state index in [4.69, 9.17) is 4.74 Å². The van der Waals surface area contributed by atoms with Crippen molar-refractivity contribution in [2.24, 2.45) is 0 Å². The van der Waals surface area contributed by atoms with Gasteiger partial charge >= 0.3 is 6.03 Å². The van der Waals surface area contributed by atoms with Crippen LogP contribution in [0.15, 0.2) is 42.6 Å². The van der Waals surface area contributed by atoms with Crippen LogP contribution in [0, 0.1) is 0 Å². The van der Waals surface area contributed by atoms with E-state index in [9.17, 15) is 4.79 Å². The lowest BCUT2D eigenvalue weighted by Crippen LogP contribution is -2.28. The van der Waals surface area contributed by atoms with Gasteiger partial charge in [-0.3, -0.25) is 0 Å². The average molecular weight is 339 g/mol. The lowest BCUT2D eigenvalue weighted by atomic mass is 10.2. The fourth-order valence-corrected chi connectivity index (χ4v) is 2.40. The van der Waals surface area contributed by atoms with E-state index in [-0.39, 0.29) is 11.9 Å². The first kappa shape index (κ1) is 16.8. The van der Waals surface area contributed by atoms with Crippen LogP contribution in [0.4, 0.5) is 10.5 Å². The Labute approximate surface area is 146 Å². The Kier molecular flexibility index (Phi) is 4.83. The van der Waals surface area contributed by atoms with Crippen LogP contribution in [0.2, 0.25) is 0 Å². The van der Waals surface area contributed by atoms with Crippen molar-refractivity contribution in [1.82, 2.24) is 19.9 Å². The number of ether oxygens (including phenoxy) is 1. The molecule has 2 heterocycles. The summed E-state index contributed by atoms with van der Waals surface area (Å²) in [7, 11) is 1.61. The van der Waals surface area contributed by atoms with Crippen LogP contribution >= 0.6 is 0 Å². The third-order valence-electron chi connectivity index (χ3n) is 3.73. The van der Waals surface area contributed by atoms with E-state index in [1.54, 1.807) is 17.7 Å². The van der Waals surface area contributed by atoms with Crippen LogP contribution in [0.3, 0.4) is 0 Å². The first-order valence-electron chi connectivity index (χ1n) is 8.10. The van der Waals surface area contributed by atoms with Crippen LogP contribution in [0.25, 0.3) is 5.65 Å². The van der Waals surface area contributed by atoms with Gasteiger partial charge in [0, 0.05) is 18.7 Å². The molecule has 0 spiro atoms. The van der Waals surface area contributed by atoms with Gasteiger partial charge in [0.25, 0.3) is 0 Å². The summed E-state index contributed by atoms with van der Waals surface area (Å²) in [6.07, 6.45) is 1.81. The smallest absolute Gasteiger partial charge is 0.319 e. The highest BCUT2D eigenvalue weighted by molar-refractivity contribution is 5.92. The maximum atomic E-state index is 12.2. The Hall–Kier alpha value is -3.09. The molecule has 0 radical (unpaired) electrons. The third kappa shape index (κ3) is 3.88. The zero-order valence-electron chi connectivity index (χ0n) is 14.5. The predicted molar refractivity (Wildman–Crippen MR) is 95.9 cm³/mol. The van der Waals surface area contributed by atoms with Crippen molar-refractivity contribution in [2.45, 2.75) is 26.3 Å². The molecular formula is C18H21N5O2. The number of pyridine rings is 1. The maximum Gasteiger partial charge on any atom is 0.319 e. The molecule has 0 aliphatic carbocycles. The molecule has 0 unspecified atom stereocenters. The Morgan fingerprint density at radius 3 is 2.88 bits per heavy atom. The van der Waals surface area contributed by atoms with Gasteiger partial charge in [0.2, 0.25) is 0 Å². The molecule has 25 heavy (non-hydrogen) atoms. The lowest BCUT2D eigenvalue weighted by molar-refractivity contribution is 0.251. The number of rotatable bonds is 5. The number of hydrogen-bond donors (Lipinski definition) is 2. The summed E-state index contributed by atoms with van der Waals surface area (Å²) in [5.74, 6) is 1.72. The Balaban J connectivity index is 1.69. The maximum absolute atomic E-state index is 12.2. The highest BCUT2D eigenvalue weighted by Crippen LogP contribution is 2.18. The molecule has 3 aromatic rings. The van der Waals surface area contributed by atoms with Gasteiger partial charge in [-0.05, 0) is 29.8 Å². The normalized spacial score (nSPS) is 10.9. The van der Waals surface area contributed by atoms with Gasteiger partial charge in [0.05, 0.1) is 12.8 Å². The first-order chi connectivity index (χ1) is 12.1. The van der Waals surface area contributed by atoms with Crippen molar-refractivity contribution < 1.29 is 9.53 Å². The zero-order chi connectivity index (χ0) is 17.8. The minimum atomic E-state index is -0.301. The second kappa shape index (κ2) is 7.21. The summed E-state index contributed by atoms with van der Waals surface area (Å²) in [4.78, 5) is 16.7. The number of fused-ring (bicyclic) bond motifs is 1. The first-order valence-corrected chi connectivity index (χ1v) is 8.10. The van der Waals surface area contributed by atoms with E-state index in [2.05, 4.69) is 20.7 Å². The number of amides is 2. The molecule has 2 N–H and O–H groups in total. The fourth-order valence-electron chi connectivity index (χ4n) is 2.40. The van der Waals surface area contributed by atoms with Gasteiger partial charge in [-0.15, -0.1) is 0 Å². The minimum absolute atomic E-state index is 0.217. The number of methoxy groups -OCH3 is 1. The van der Waals surface area contributed by atoms with Crippen LogP contribution in [0.5, 0.6) is 5.75 Å². The van der Waals surface area contributed by atoms with Crippen LogP contribution < -0.4 is 15.4 Å². The molecular weight excluding hydrogens is 318 g/mol. The molecule has 0 saturated heterocycles. The molecule has 2 amide bonds. The van der Waals surface area contributed by atoms with Gasteiger partial charge in [-0.2, -0.15) is 5.10 Å². The van der Waals surface area contributed by atoms with E-state index < -0.39 is 0 Å². The number of aromatic nitrogens is 3. The van der Waals surface area contributed by atoms with E-state index in [0.717, 1.165) is 17.1 Å². The second-order valence-corrected chi connectivity index (χ2v) is 5.97. The molecule has 0 fully saturated rings. The van der Waals surface area contributed by atoms with Gasteiger partial charge in [0.1, 0.15) is 5.75 Å². The Morgan fingerprint density at radius 2 is 2.12 bits per heavy atom. The number of anilines is 1. The largest absolute Gasteiger partial charge is 0.497 e. The number of nitrogens with one attached hydrogen (secondary N) is 2. The number of carbonyl (C=O) groups excluding carboxylic acids is 1. The Morgan fingerprint density at radius 1 is 1.28 bits per heavy atom. The topological polar surface area (TPSA) is 80.5 Å². The van der Waals surface area contributed by atoms with Crippen molar-refractivity contribution in [3.63, 3.8) is 0 Å². The third-order valence-corrected chi connectivity index (χ3v) is 3.73. The molecule has 0 saturated carbocycles. The summed E-state index contributed by atoms with van der Waals surface area (Å²) in [5.41, 5.74) is 2.20. The summed E-state index contributed by atoms with van der Waals surface area (Å²) in [5, 5.41) is 10.1. The molecule has 7 heteroatoms. The fraction of sp³-hybridized carbons (Fsp3) is 0.278. The highest BCUT2D eigenvalue weighted by Gasteiger charge is 2.12. The summed E-state index contributed by atoms with van der Waals surface area (Å²) >= 11 is 0. The van der Waals surface area contributed by atoms with Gasteiger partial charge in [-0.1, -0.05) is 26.0 Å². The van der Waals surface area contributed by atoms with Gasteiger partial charge < -0.3 is 15.4 Å². The van der Waals surface area contributed by atoms with Crippen molar-refractivity contribution in [3.05, 3.63) is 54.0 Å². The van der Waals surface area contributed by atoms with E-state index in [1.165, 1.54) is 0 Å². The van der Waals surface area contributed by atoms with E-state index >= 15 is 0 Å². The van der Waals surface area contributed by atoms with Gasteiger partial charge in [-0.25, -0.2) is 14.3 Å². The number of carbonyl (C=O) groups is 1. The number of urea groups is 1. The molecule has 2 aromatic heterocycles. The van der Waals surface area contributed by atoms with Gasteiger partial charge in [0.15, 0.2) is 11.5 Å². The molecule has 0 bridgehead atoms. The summed E-state index contributed by atoms with van der Waals surface area (Å²) < 4.78 is 6.85. The van der Waals surface area contributed by atoms with Crippen molar-refractivity contribution in [3.8, 4) is 5.75 Å². The number of hydrogen-bond acceptors (Lipinski definition) is 4.